The summed E-state index contributed by atoms with van der Waals surface area (Å²) in [6.45, 7) is 1.88. The van der Waals surface area contributed by atoms with E-state index in [0.717, 1.165) is 22.2 Å². The second-order valence-corrected chi connectivity index (χ2v) is 5.90. The molecule has 0 atom stereocenters. The molecule has 1 heterocycles. The van der Waals surface area contributed by atoms with Gasteiger partial charge in [0.25, 0.3) is 5.91 Å². The summed E-state index contributed by atoms with van der Waals surface area (Å²) < 4.78 is 5.20. The van der Waals surface area contributed by atoms with E-state index in [1.54, 1.807) is 25.3 Å². The lowest BCUT2D eigenvalue weighted by Gasteiger charge is -2.08. The lowest BCUT2D eigenvalue weighted by atomic mass is 10.1. The molecule has 0 radical (unpaired) electrons. The first-order valence-corrected chi connectivity index (χ1v) is 7.68. The smallest absolute Gasteiger partial charge is 0.272 e. The van der Waals surface area contributed by atoms with Crippen LogP contribution in [0.4, 0.5) is 5.69 Å². The van der Waals surface area contributed by atoms with E-state index in [4.69, 9.17) is 27.9 Å². The van der Waals surface area contributed by atoms with Gasteiger partial charge in [-0.1, -0.05) is 29.3 Å². The second kappa shape index (κ2) is 6.14. The van der Waals surface area contributed by atoms with Crippen LogP contribution >= 0.6 is 23.2 Å². The fourth-order valence-corrected chi connectivity index (χ4v) is 2.96. The molecule has 0 saturated heterocycles. The van der Waals surface area contributed by atoms with Gasteiger partial charge in [-0.3, -0.25) is 4.79 Å². The quantitative estimate of drug-likeness (QED) is 0.696. The van der Waals surface area contributed by atoms with Gasteiger partial charge in [-0.2, -0.15) is 0 Å². The molecule has 1 aromatic heterocycles. The molecule has 23 heavy (non-hydrogen) atoms. The first kappa shape index (κ1) is 15.7. The summed E-state index contributed by atoms with van der Waals surface area (Å²) in [5.41, 5.74) is 2.54. The monoisotopic (exact) mass is 348 g/mol. The van der Waals surface area contributed by atoms with Crippen LogP contribution in [0.15, 0.2) is 36.4 Å². The number of ether oxygens (including phenoxy) is 1. The van der Waals surface area contributed by atoms with Crippen molar-refractivity contribution in [2.75, 3.05) is 12.4 Å². The van der Waals surface area contributed by atoms with Gasteiger partial charge < -0.3 is 15.0 Å². The molecule has 1 amide bonds. The number of benzene rings is 2. The zero-order chi connectivity index (χ0) is 16.6. The molecule has 0 fully saturated rings. The highest BCUT2D eigenvalue weighted by atomic mass is 35.5. The van der Waals surface area contributed by atoms with E-state index in [1.807, 2.05) is 25.1 Å². The molecule has 2 N–H and O–H groups in total. The Kier molecular flexibility index (Phi) is 4.20. The van der Waals surface area contributed by atoms with Crippen LogP contribution in [0.2, 0.25) is 10.0 Å². The van der Waals surface area contributed by atoms with Gasteiger partial charge in [0.15, 0.2) is 0 Å². The van der Waals surface area contributed by atoms with Gasteiger partial charge in [0.05, 0.1) is 22.8 Å². The van der Waals surface area contributed by atoms with Crippen molar-refractivity contribution in [3.05, 3.63) is 57.7 Å². The summed E-state index contributed by atoms with van der Waals surface area (Å²) >= 11 is 12.2. The van der Waals surface area contributed by atoms with Gasteiger partial charge in [0.2, 0.25) is 0 Å². The first-order valence-electron chi connectivity index (χ1n) is 6.93. The molecule has 0 spiro atoms. The molecule has 4 nitrogen and oxygen atoms in total. The van der Waals surface area contributed by atoms with Crippen molar-refractivity contribution >= 4 is 45.7 Å². The van der Waals surface area contributed by atoms with Crippen LogP contribution in [0.1, 0.15) is 16.1 Å². The van der Waals surface area contributed by atoms with Crippen molar-refractivity contribution in [2.24, 2.45) is 0 Å². The Morgan fingerprint density at radius 3 is 2.52 bits per heavy atom. The SMILES string of the molecule is COc1ccc2c(C)c(C(=O)Nc3c(Cl)cccc3Cl)[nH]c2c1. The lowest BCUT2D eigenvalue weighted by molar-refractivity contribution is 0.102. The van der Waals surface area contributed by atoms with Crippen LogP contribution in [0.3, 0.4) is 0 Å². The molecule has 3 aromatic rings. The number of nitrogens with one attached hydrogen (secondary N) is 2. The second-order valence-electron chi connectivity index (χ2n) is 5.09. The van der Waals surface area contributed by atoms with Gasteiger partial charge in [0, 0.05) is 17.0 Å². The molecule has 3 rings (SSSR count). The minimum absolute atomic E-state index is 0.298. The summed E-state index contributed by atoms with van der Waals surface area (Å²) in [5, 5.41) is 4.50. The molecule has 0 bridgehead atoms. The minimum atomic E-state index is -0.298. The molecular weight excluding hydrogens is 335 g/mol. The Morgan fingerprint density at radius 2 is 1.87 bits per heavy atom. The predicted molar refractivity (Wildman–Crippen MR) is 94.0 cm³/mol. The number of rotatable bonds is 3. The Hall–Kier alpha value is -2.17. The van der Waals surface area contributed by atoms with Crippen LogP contribution in [-0.2, 0) is 0 Å². The standard InChI is InChI=1S/C17H14Cl2N2O2/c1-9-11-7-6-10(23-2)8-14(11)20-15(9)17(22)21-16-12(18)4-3-5-13(16)19/h3-8,20H,1-2H3,(H,21,22). The number of aromatic nitrogens is 1. The zero-order valence-corrected chi connectivity index (χ0v) is 14.0. The maximum atomic E-state index is 12.6. The number of aryl methyl sites for hydroxylation is 1. The van der Waals surface area contributed by atoms with E-state index in [0.29, 0.717) is 21.4 Å². The molecule has 0 unspecified atom stereocenters. The van der Waals surface area contributed by atoms with Crippen LogP contribution in [-0.4, -0.2) is 18.0 Å². The summed E-state index contributed by atoms with van der Waals surface area (Å²) in [5.74, 6) is 0.424. The van der Waals surface area contributed by atoms with Crippen LogP contribution < -0.4 is 10.1 Å². The topological polar surface area (TPSA) is 54.1 Å². The summed E-state index contributed by atoms with van der Waals surface area (Å²) in [6, 6.07) is 10.7. The summed E-state index contributed by atoms with van der Waals surface area (Å²) in [6.07, 6.45) is 0. The van der Waals surface area contributed by atoms with E-state index in [-0.39, 0.29) is 5.91 Å². The highest BCUT2D eigenvalue weighted by molar-refractivity contribution is 6.40. The number of carbonyl (C=O) groups is 1. The molecule has 6 heteroatoms. The van der Waals surface area contributed by atoms with Crippen molar-refractivity contribution in [2.45, 2.75) is 6.92 Å². The van der Waals surface area contributed by atoms with Crippen molar-refractivity contribution in [1.29, 1.82) is 0 Å². The number of methoxy groups -OCH3 is 1. The number of fused-ring (bicyclic) bond motifs is 1. The Balaban J connectivity index is 1.99. The van der Waals surface area contributed by atoms with Gasteiger partial charge >= 0.3 is 0 Å². The maximum absolute atomic E-state index is 12.6. The molecule has 0 aliphatic heterocycles. The van der Waals surface area contributed by atoms with Crippen molar-refractivity contribution in [3.63, 3.8) is 0 Å². The van der Waals surface area contributed by atoms with Gasteiger partial charge in [-0.25, -0.2) is 0 Å². The fraction of sp³-hybridized carbons (Fsp3) is 0.118. The van der Waals surface area contributed by atoms with Gasteiger partial charge in [-0.15, -0.1) is 0 Å². The third-order valence-electron chi connectivity index (χ3n) is 3.69. The van der Waals surface area contributed by atoms with E-state index in [9.17, 15) is 4.79 Å². The fourth-order valence-electron chi connectivity index (χ4n) is 2.46. The number of aromatic amines is 1. The molecule has 0 saturated carbocycles. The van der Waals surface area contributed by atoms with Gasteiger partial charge in [0.1, 0.15) is 11.4 Å². The van der Waals surface area contributed by atoms with E-state index < -0.39 is 0 Å². The number of hydrogen-bond acceptors (Lipinski definition) is 2. The number of amides is 1. The third kappa shape index (κ3) is 2.87. The normalized spacial score (nSPS) is 10.8. The Morgan fingerprint density at radius 1 is 1.17 bits per heavy atom. The largest absolute Gasteiger partial charge is 0.497 e. The molecular formula is C17H14Cl2N2O2. The Labute approximate surface area is 143 Å². The highest BCUT2D eigenvalue weighted by Gasteiger charge is 2.17. The maximum Gasteiger partial charge on any atom is 0.272 e. The number of anilines is 1. The number of hydrogen-bond donors (Lipinski definition) is 2. The van der Waals surface area contributed by atoms with Crippen LogP contribution in [0.25, 0.3) is 10.9 Å². The number of H-pyrrole nitrogens is 1. The van der Waals surface area contributed by atoms with Crippen molar-refractivity contribution in [1.82, 2.24) is 4.98 Å². The minimum Gasteiger partial charge on any atom is -0.497 e. The Bertz CT molecular complexity index is 883. The number of carbonyl (C=O) groups excluding carboxylic acids is 1. The summed E-state index contributed by atoms with van der Waals surface area (Å²) in [4.78, 5) is 15.7. The van der Waals surface area contributed by atoms with Crippen LogP contribution in [0, 0.1) is 6.92 Å². The van der Waals surface area contributed by atoms with Crippen LogP contribution in [0.5, 0.6) is 5.75 Å². The molecule has 0 aliphatic rings. The zero-order valence-electron chi connectivity index (χ0n) is 12.5. The third-order valence-corrected chi connectivity index (χ3v) is 4.32. The van der Waals surface area contributed by atoms with Gasteiger partial charge in [-0.05, 0) is 36.8 Å². The first-order chi connectivity index (χ1) is 11.0. The van der Waals surface area contributed by atoms with E-state index in [2.05, 4.69) is 10.3 Å². The average Bonchev–Trinajstić information content (AvgIpc) is 2.87. The molecule has 0 aliphatic carbocycles. The summed E-state index contributed by atoms with van der Waals surface area (Å²) in [7, 11) is 1.60. The lowest BCUT2D eigenvalue weighted by Crippen LogP contribution is -2.14. The predicted octanol–water partition coefficient (Wildman–Crippen LogP) is 5.04. The number of para-hydroxylation sites is 1. The highest BCUT2D eigenvalue weighted by Crippen LogP contribution is 2.31. The molecule has 118 valence electrons. The van der Waals surface area contributed by atoms with Crippen molar-refractivity contribution in [3.8, 4) is 5.75 Å². The van der Waals surface area contributed by atoms with E-state index in [1.165, 1.54) is 0 Å². The van der Waals surface area contributed by atoms with Crippen molar-refractivity contribution < 1.29 is 9.53 Å². The van der Waals surface area contributed by atoms with E-state index >= 15 is 0 Å². The number of halogens is 2. The average molecular weight is 349 g/mol. The molecule has 2 aromatic carbocycles.